The number of benzene rings is 2. The summed E-state index contributed by atoms with van der Waals surface area (Å²) in [4.78, 5) is 1.31. The summed E-state index contributed by atoms with van der Waals surface area (Å²) in [6.45, 7) is 2.88. The summed E-state index contributed by atoms with van der Waals surface area (Å²) in [5.74, 6) is 0.947. The molecule has 22 heavy (non-hydrogen) atoms. The minimum atomic E-state index is 0.761. The van der Waals surface area contributed by atoms with E-state index in [0.29, 0.717) is 0 Å². The minimum Gasteiger partial charge on any atom is -0.494 e. The molecule has 0 spiro atoms. The number of rotatable bonds is 5. The lowest BCUT2D eigenvalue weighted by Crippen LogP contribution is -1.93. The summed E-state index contributed by atoms with van der Waals surface area (Å²) >= 11 is 11.6. The Morgan fingerprint density at radius 2 is 2.00 bits per heavy atom. The first-order valence-corrected chi connectivity index (χ1v) is 9.23. The third-order valence-electron chi connectivity index (χ3n) is 3.39. The van der Waals surface area contributed by atoms with Gasteiger partial charge in [-0.1, -0.05) is 34.5 Å². The van der Waals surface area contributed by atoms with Gasteiger partial charge >= 0.3 is 0 Å². The smallest absolute Gasteiger partial charge is 0.120 e. The fourth-order valence-electron chi connectivity index (χ4n) is 2.33. The summed E-state index contributed by atoms with van der Waals surface area (Å²) in [5, 5.41) is 2.07. The molecule has 1 heterocycles. The summed E-state index contributed by atoms with van der Waals surface area (Å²) in [7, 11) is 0. The topological polar surface area (TPSA) is 9.23 Å². The molecule has 0 bridgehead atoms. The van der Waals surface area contributed by atoms with Crippen LogP contribution in [0.5, 0.6) is 5.75 Å². The number of halogens is 2. The van der Waals surface area contributed by atoms with Gasteiger partial charge in [0.15, 0.2) is 0 Å². The largest absolute Gasteiger partial charge is 0.494 e. The summed E-state index contributed by atoms with van der Waals surface area (Å²) in [6.07, 6.45) is 1.87. The van der Waals surface area contributed by atoms with Crippen LogP contribution in [-0.2, 0) is 6.42 Å². The van der Waals surface area contributed by atoms with Gasteiger partial charge < -0.3 is 4.74 Å². The van der Waals surface area contributed by atoms with Crippen molar-refractivity contribution >= 4 is 49.0 Å². The maximum absolute atomic E-state index is 6.29. The molecule has 0 fully saturated rings. The molecule has 2 aromatic carbocycles. The lowest BCUT2D eigenvalue weighted by molar-refractivity contribution is 0.318. The van der Waals surface area contributed by atoms with E-state index >= 15 is 0 Å². The van der Waals surface area contributed by atoms with E-state index < -0.39 is 0 Å². The van der Waals surface area contributed by atoms with Crippen LogP contribution < -0.4 is 4.74 Å². The van der Waals surface area contributed by atoms with E-state index in [4.69, 9.17) is 16.3 Å². The Balaban J connectivity index is 1.86. The van der Waals surface area contributed by atoms with E-state index in [-0.39, 0.29) is 0 Å². The van der Waals surface area contributed by atoms with E-state index in [1.54, 1.807) is 11.3 Å². The SMILES string of the molecule is CCCOc1ccc2cc(Cc3cc(Br)ccc3Cl)sc2c1. The molecule has 4 heteroatoms. The first-order chi connectivity index (χ1) is 10.7. The third-order valence-corrected chi connectivity index (χ3v) is 5.35. The minimum absolute atomic E-state index is 0.761. The van der Waals surface area contributed by atoms with Crippen molar-refractivity contribution in [2.75, 3.05) is 6.61 Å². The highest BCUT2D eigenvalue weighted by molar-refractivity contribution is 9.10. The Bertz CT molecular complexity index is 797. The van der Waals surface area contributed by atoms with Gasteiger partial charge in [-0.3, -0.25) is 0 Å². The van der Waals surface area contributed by atoms with Crippen molar-refractivity contribution in [1.82, 2.24) is 0 Å². The van der Waals surface area contributed by atoms with Gasteiger partial charge in [-0.25, -0.2) is 0 Å². The standard InChI is InChI=1S/C18H16BrClOS/c1-2-7-21-15-5-3-12-9-16(22-18(12)11-15)10-13-8-14(19)4-6-17(13)20/h3-6,8-9,11H,2,7,10H2,1H3. The molecular weight excluding hydrogens is 380 g/mol. The number of thiophene rings is 1. The molecule has 0 N–H and O–H groups in total. The van der Waals surface area contributed by atoms with Crippen molar-refractivity contribution in [3.8, 4) is 5.75 Å². The van der Waals surface area contributed by atoms with Gasteiger partial charge in [-0.15, -0.1) is 11.3 Å². The van der Waals surface area contributed by atoms with Gasteiger partial charge in [0.05, 0.1) is 6.61 Å². The highest BCUT2D eigenvalue weighted by atomic mass is 79.9. The Morgan fingerprint density at radius 3 is 2.82 bits per heavy atom. The van der Waals surface area contributed by atoms with Gasteiger partial charge in [-0.2, -0.15) is 0 Å². The van der Waals surface area contributed by atoms with E-state index in [2.05, 4.69) is 47.1 Å². The van der Waals surface area contributed by atoms with Crippen LogP contribution in [-0.4, -0.2) is 6.61 Å². The lowest BCUT2D eigenvalue weighted by Gasteiger charge is -2.03. The average molecular weight is 396 g/mol. The summed E-state index contributed by atoms with van der Waals surface area (Å²) < 4.78 is 8.02. The third kappa shape index (κ3) is 3.65. The number of ether oxygens (including phenoxy) is 1. The summed E-state index contributed by atoms with van der Waals surface area (Å²) in [6, 6.07) is 14.5. The predicted octanol–water partition coefficient (Wildman–Crippen LogP) is 6.70. The second-order valence-corrected chi connectivity index (χ2v) is 7.66. The van der Waals surface area contributed by atoms with E-state index in [0.717, 1.165) is 40.3 Å². The molecule has 0 aliphatic carbocycles. The Hall–Kier alpha value is -1.03. The highest BCUT2D eigenvalue weighted by Gasteiger charge is 2.07. The Kier molecular flexibility index (Phi) is 5.07. The number of hydrogen-bond donors (Lipinski definition) is 0. The van der Waals surface area contributed by atoms with Gasteiger partial charge in [0.25, 0.3) is 0 Å². The molecule has 0 unspecified atom stereocenters. The van der Waals surface area contributed by atoms with E-state index in [1.165, 1.54) is 15.0 Å². The van der Waals surface area contributed by atoms with Crippen LogP contribution in [0.15, 0.2) is 46.9 Å². The summed E-state index contributed by atoms with van der Waals surface area (Å²) in [5.41, 5.74) is 1.14. The maximum atomic E-state index is 6.29. The zero-order valence-electron chi connectivity index (χ0n) is 12.2. The number of fused-ring (bicyclic) bond motifs is 1. The van der Waals surface area contributed by atoms with Crippen molar-refractivity contribution < 1.29 is 4.74 Å². The van der Waals surface area contributed by atoms with Crippen LogP contribution >= 0.6 is 38.9 Å². The van der Waals surface area contributed by atoms with Gasteiger partial charge in [-0.05, 0) is 59.8 Å². The molecule has 1 nitrogen and oxygen atoms in total. The molecule has 0 aliphatic rings. The van der Waals surface area contributed by atoms with Crippen molar-refractivity contribution in [3.63, 3.8) is 0 Å². The predicted molar refractivity (Wildman–Crippen MR) is 99.6 cm³/mol. The zero-order chi connectivity index (χ0) is 15.5. The molecule has 0 amide bonds. The second kappa shape index (κ2) is 7.03. The fourth-order valence-corrected chi connectivity index (χ4v) is 4.04. The lowest BCUT2D eigenvalue weighted by atomic mass is 10.1. The molecule has 3 aromatic rings. The molecule has 3 rings (SSSR count). The zero-order valence-corrected chi connectivity index (χ0v) is 15.4. The van der Waals surface area contributed by atoms with Crippen LogP contribution in [0, 0.1) is 0 Å². The normalized spacial score (nSPS) is 11.0. The van der Waals surface area contributed by atoms with Crippen molar-refractivity contribution in [1.29, 1.82) is 0 Å². The van der Waals surface area contributed by atoms with Crippen LogP contribution in [0.3, 0.4) is 0 Å². The Labute approximate surface area is 148 Å². The fraction of sp³-hybridized carbons (Fsp3) is 0.222. The molecule has 1 aromatic heterocycles. The molecule has 114 valence electrons. The first-order valence-electron chi connectivity index (χ1n) is 7.25. The van der Waals surface area contributed by atoms with Crippen molar-refractivity contribution in [2.45, 2.75) is 19.8 Å². The molecular formula is C18H16BrClOS. The van der Waals surface area contributed by atoms with Gasteiger partial charge in [0.1, 0.15) is 5.75 Å². The average Bonchev–Trinajstić information content (AvgIpc) is 2.90. The van der Waals surface area contributed by atoms with Crippen LogP contribution in [0.2, 0.25) is 5.02 Å². The number of hydrogen-bond acceptors (Lipinski definition) is 2. The molecule has 0 radical (unpaired) electrons. The Morgan fingerprint density at radius 1 is 1.14 bits per heavy atom. The van der Waals surface area contributed by atoms with Gasteiger partial charge in [0.2, 0.25) is 0 Å². The molecule has 0 saturated carbocycles. The van der Waals surface area contributed by atoms with Crippen LogP contribution in [0.25, 0.3) is 10.1 Å². The van der Waals surface area contributed by atoms with Crippen molar-refractivity contribution in [2.24, 2.45) is 0 Å². The molecule has 0 aliphatic heterocycles. The van der Waals surface area contributed by atoms with Crippen LogP contribution in [0.1, 0.15) is 23.8 Å². The second-order valence-electron chi connectivity index (χ2n) is 5.17. The maximum Gasteiger partial charge on any atom is 0.120 e. The van der Waals surface area contributed by atoms with Gasteiger partial charge in [0, 0.05) is 25.5 Å². The van der Waals surface area contributed by atoms with Crippen LogP contribution in [0.4, 0.5) is 0 Å². The first kappa shape index (κ1) is 15.9. The quantitative estimate of drug-likeness (QED) is 0.467. The molecule has 0 saturated heterocycles. The van der Waals surface area contributed by atoms with E-state index in [9.17, 15) is 0 Å². The van der Waals surface area contributed by atoms with Crippen molar-refractivity contribution in [3.05, 3.63) is 62.4 Å². The monoisotopic (exact) mass is 394 g/mol. The van der Waals surface area contributed by atoms with E-state index in [1.807, 2.05) is 18.2 Å². The molecule has 0 atom stereocenters. The highest BCUT2D eigenvalue weighted by Crippen LogP contribution is 2.32.